The largest absolute Gasteiger partial charge is 0.485 e. The zero-order chi connectivity index (χ0) is 52.2. The summed E-state index contributed by atoms with van der Waals surface area (Å²) < 4.78 is 89.9. The third-order valence-electron chi connectivity index (χ3n) is 12.4. The molecule has 4 aromatic carbocycles. The van der Waals surface area contributed by atoms with Crippen molar-refractivity contribution < 1.29 is 80.3 Å². The molecule has 0 saturated carbocycles. The van der Waals surface area contributed by atoms with E-state index in [1.807, 2.05) is 19.1 Å². The number of aryl methyl sites for hydroxylation is 1. The molecule has 17 nitrogen and oxygen atoms in total. The van der Waals surface area contributed by atoms with E-state index in [9.17, 15) is 42.4 Å². The molecule has 10 rings (SSSR count). The lowest BCUT2D eigenvalue weighted by molar-refractivity contribution is 0.0683. The van der Waals surface area contributed by atoms with Gasteiger partial charge in [-0.05, 0) is 80.1 Å². The fraction of sp³-hybridized carbons (Fsp3) is 0.245. The van der Waals surface area contributed by atoms with Crippen LogP contribution in [0.2, 0.25) is 0 Å². The number of thiophene rings is 2. The molecule has 2 atom stereocenters. The lowest BCUT2D eigenvalue weighted by atomic mass is 9.98. The summed E-state index contributed by atoms with van der Waals surface area (Å²) >= 11 is 2.95. The van der Waals surface area contributed by atoms with Crippen LogP contribution in [0.15, 0.2) is 89.2 Å². The third kappa shape index (κ3) is 9.56. The Balaban J connectivity index is 0.982. The highest BCUT2D eigenvalue weighted by Gasteiger charge is 2.51. The number of hydrogen-bond donors (Lipinski definition) is 3. The lowest BCUT2D eigenvalue weighted by Crippen LogP contribution is -2.23. The van der Waals surface area contributed by atoms with Gasteiger partial charge >= 0.3 is 11.9 Å². The standard InChI is InChI=1S/C53H44O17S4/c1-5-37(54)35-23-31(8-10-33(35)52(56)57)69-32-9-11-34(53(58)59)36(24-32)38(55)21-29-7-13-40(41(22-29)74(60,61)62)70-39-12-6-26(2)20-30(39)25-73-28(4)43-47(68-19-15-64-43)51(73)50-46-45(66-17-18-67-46)49(72-50)48-44-42(27(3)71-48)63-14-16-65-44/h6-13,20,22-24,28H,3,5,14-19,21,25H2,1-2,4H3,(H2-,56,57,58,59,60,61,62)/p+1/b49-48+,51-50+. The molecule has 0 radical (unpaired) electrons. The minimum Gasteiger partial charge on any atom is -0.485 e. The molecule has 6 aromatic rings. The summed E-state index contributed by atoms with van der Waals surface area (Å²) in [6.45, 7) is 11.9. The van der Waals surface area contributed by atoms with Crippen molar-refractivity contribution in [1.29, 1.82) is 0 Å². The molecule has 4 aliphatic rings. The molecule has 0 saturated heterocycles. The van der Waals surface area contributed by atoms with Crippen LogP contribution in [0.25, 0.3) is 11.5 Å². The summed E-state index contributed by atoms with van der Waals surface area (Å²) in [4.78, 5) is 50.9. The van der Waals surface area contributed by atoms with Crippen LogP contribution in [0, 0.1) is 16.0 Å². The maximum atomic E-state index is 14.0. The number of Topliss-reactive ketones (excluding diaryl/α,β-unsaturated/α-hetero) is 2. The van der Waals surface area contributed by atoms with Gasteiger partial charge in [0.05, 0.1) is 24.7 Å². The molecule has 0 fully saturated rings. The van der Waals surface area contributed by atoms with Gasteiger partial charge in [-0.15, -0.1) is 22.7 Å². The predicted molar refractivity (Wildman–Crippen MR) is 273 cm³/mol. The number of fused-ring (bicyclic) bond motifs is 2. The summed E-state index contributed by atoms with van der Waals surface area (Å²) in [5.74, 6) is 0.260. The number of carbonyl (C=O) groups excluding carboxylic acids is 2. The number of carboxylic acid groups (broad SMARTS) is 2. The van der Waals surface area contributed by atoms with Crippen molar-refractivity contribution in [2.24, 2.45) is 0 Å². The maximum Gasteiger partial charge on any atom is 0.336 e. The number of aromatic carboxylic acids is 2. The summed E-state index contributed by atoms with van der Waals surface area (Å²) in [7, 11) is -5.69. The normalized spacial score (nSPS) is 17.9. The van der Waals surface area contributed by atoms with E-state index in [0.717, 1.165) is 40.7 Å². The first-order valence-electron chi connectivity index (χ1n) is 23.1. The van der Waals surface area contributed by atoms with Gasteiger partial charge in [0.15, 0.2) is 45.6 Å². The Morgan fingerprint density at radius 2 is 1.24 bits per heavy atom. The summed E-state index contributed by atoms with van der Waals surface area (Å²) in [5.41, 5.74) is 0.719. The average molecular weight is 1080 g/mol. The van der Waals surface area contributed by atoms with Gasteiger partial charge in [0.25, 0.3) is 10.1 Å². The van der Waals surface area contributed by atoms with Gasteiger partial charge in [-0.2, -0.15) is 8.42 Å². The van der Waals surface area contributed by atoms with Gasteiger partial charge in [-0.1, -0.05) is 31.2 Å². The second-order valence-electron chi connectivity index (χ2n) is 17.2. The van der Waals surface area contributed by atoms with E-state index in [1.165, 1.54) is 65.1 Å². The molecule has 0 aliphatic carbocycles. The maximum absolute atomic E-state index is 14.0. The fourth-order valence-corrected chi connectivity index (χ4v) is 14.8. The number of carboxylic acids is 2. The quantitative estimate of drug-likeness (QED) is 0.0529. The van der Waals surface area contributed by atoms with Crippen LogP contribution < -0.4 is 37.5 Å². The first-order chi connectivity index (χ1) is 35.5. The van der Waals surface area contributed by atoms with Gasteiger partial charge in [-0.25, -0.2) is 9.59 Å². The van der Waals surface area contributed by atoms with E-state index < -0.39 is 55.8 Å². The highest BCUT2D eigenvalue weighted by molar-refractivity contribution is 8.06. The van der Waals surface area contributed by atoms with Crippen molar-refractivity contribution in [3.8, 4) is 46.0 Å². The molecule has 74 heavy (non-hydrogen) atoms. The Hall–Kier alpha value is -7.30. The Morgan fingerprint density at radius 3 is 1.88 bits per heavy atom. The monoisotopic (exact) mass is 1080 g/mol. The molecule has 21 heteroatoms. The van der Waals surface area contributed by atoms with Crippen molar-refractivity contribution in [3.05, 3.63) is 141 Å². The number of hydrogen-bond acceptors (Lipinski definition) is 16. The van der Waals surface area contributed by atoms with Crippen LogP contribution in [0.1, 0.15) is 78.4 Å². The molecule has 0 bridgehead atoms. The SMILES string of the molecule is C=c1s/c(=c2/s/c(=C3\C4=C(OCCO4)C(C)[S+]3Cc3cc(C)ccc3Oc3ccc(CC(=O)c4cc(Oc5ccc(C(=O)O)c(C(=O)CC)c5)ccc4C(=O)O)cc3S(=O)(=O)O)c3c2OCCO3)c2c1OCCO2. The van der Waals surface area contributed by atoms with Crippen LogP contribution in [0.3, 0.4) is 0 Å². The average Bonchev–Trinajstić information content (AvgIpc) is 4.02. The summed E-state index contributed by atoms with van der Waals surface area (Å²) in [5, 5.41) is 19.5. The second-order valence-corrected chi connectivity index (χ2v) is 23.0. The number of ketones is 2. The highest BCUT2D eigenvalue weighted by Crippen LogP contribution is 2.47. The summed E-state index contributed by atoms with van der Waals surface area (Å²) in [6.07, 6.45) is -0.488. The van der Waals surface area contributed by atoms with Gasteiger partial charge in [0.1, 0.15) is 77.8 Å². The van der Waals surface area contributed by atoms with E-state index >= 15 is 0 Å². The highest BCUT2D eigenvalue weighted by atomic mass is 32.2. The number of carbonyl (C=O) groups is 4. The van der Waals surface area contributed by atoms with E-state index in [4.69, 9.17) is 37.9 Å². The molecule has 0 spiro atoms. The second kappa shape index (κ2) is 20.2. The zero-order valence-corrected chi connectivity index (χ0v) is 43.0. The Bertz CT molecular complexity index is 3720. The molecule has 0 amide bonds. The summed E-state index contributed by atoms with van der Waals surface area (Å²) in [6, 6.07) is 16.7. The number of rotatable bonds is 14. The number of benzene rings is 4. The van der Waals surface area contributed by atoms with Gasteiger partial charge < -0.3 is 48.1 Å². The molecule has 2 unspecified atom stereocenters. The van der Waals surface area contributed by atoms with E-state index in [2.05, 4.69) is 13.5 Å². The van der Waals surface area contributed by atoms with Crippen LogP contribution in [0.5, 0.6) is 46.0 Å². The van der Waals surface area contributed by atoms with E-state index in [0.29, 0.717) is 91.2 Å². The van der Waals surface area contributed by atoms with E-state index in [1.54, 1.807) is 13.0 Å². The van der Waals surface area contributed by atoms with Gasteiger partial charge in [0.2, 0.25) is 10.7 Å². The number of ether oxygens (including phenoxy) is 8. The third-order valence-corrected chi connectivity index (χ3v) is 18.3. The first kappa shape index (κ1) is 50.2. The minimum absolute atomic E-state index is 0.00199. The first-order valence-corrected chi connectivity index (χ1v) is 27.6. The van der Waals surface area contributed by atoms with Gasteiger partial charge in [0, 0.05) is 40.4 Å². The Labute approximate surface area is 433 Å². The molecular weight excluding hydrogens is 1040 g/mol. The fourth-order valence-electron chi connectivity index (χ4n) is 8.94. The minimum atomic E-state index is -5.00. The van der Waals surface area contributed by atoms with Gasteiger partial charge in [-0.3, -0.25) is 14.1 Å². The van der Waals surface area contributed by atoms with Crippen LogP contribution in [0.4, 0.5) is 0 Å². The van der Waals surface area contributed by atoms with Crippen molar-refractivity contribution in [2.45, 2.75) is 49.5 Å². The smallest absolute Gasteiger partial charge is 0.336 e. The predicted octanol–water partition coefficient (Wildman–Crippen LogP) is 8.19. The van der Waals surface area contributed by atoms with Crippen LogP contribution in [-0.2, 0) is 42.7 Å². The van der Waals surface area contributed by atoms with Crippen LogP contribution >= 0.6 is 22.7 Å². The van der Waals surface area contributed by atoms with E-state index in [-0.39, 0.29) is 56.7 Å². The van der Waals surface area contributed by atoms with Crippen molar-refractivity contribution in [3.63, 3.8) is 0 Å². The molecule has 2 aromatic heterocycles. The van der Waals surface area contributed by atoms with Crippen molar-refractivity contribution >= 4 is 78.7 Å². The Morgan fingerprint density at radius 1 is 0.676 bits per heavy atom. The molecule has 6 heterocycles. The van der Waals surface area contributed by atoms with Crippen LogP contribution in [-0.4, -0.2) is 91.6 Å². The Kier molecular flexibility index (Phi) is 13.7. The van der Waals surface area contributed by atoms with Crippen molar-refractivity contribution in [1.82, 2.24) is 0 Å². The molecular formula is C53H45O17S4+. The molecule has 382 valence electrons. The van der Waals surface area contributed by atoms with Crippen molar-refractivity contribution in [2.75, 3.05) is 39.6 Å². The molecule has 3 N–H and O–H groups in total. The molecule has 4 aliphatic heterocycles. The zero-order valence-electron chi connectivity index (χ0n) is 39.8. The topological polar surface area (TPSA) is 237 Å². The lowest BCUT2D eigenvalue weighted by Gasteiger charge is -2.17.